The fourth-order valence-corrected chi connectivity index (χ4v) is 8.42. The van der Waals surface area contributed by atoms with Crippen LogP contribution in [0.4, 0.5) is 0 Å². The van der Waals surface area contributed by atoms with Crippen LogP contribution in [0.15, 0.2) is 188 Å². The Kier molecular flexibility index (Phi) is 7.29. The molecule has 9 aromatic rings. The zero-order valence-electron chi connectivity index (χ0n) is 30.1. The molecule has 0 unspecified atom stereocenters. The molecule has 11 rings (SSSR count). The number of nitrogens with one attached hydrogen (secondary N) is 1. The number of nitrogens with zero attached hydrogens (tertiary/aromatic N) is 3. The summed E-state index contributed by atoms with van der Waals surface area (Å²) in [5, 5.41) is 0. The van der Waals surface area contributed by atoms with Gasteiger partial charge in [-0.3, -0.25) is 0 Å². The highest BCUT2D eigenvalue weighted by molar-refractivity contribution is 5.89. The zero-order valence-corrected chi connectivity index (χ0v) is 30.1. The first-order chi connectivity index (χ1) is 27.7. The van der Waals surface area contributed by atoms with Crippen molar-refractivity contribution in [2.45, 2.75) is 5.41 Å². The average Bonchev–Trinajstić information content (AvgIpc) is 3.92. The number of rotatable bonds is 6. The number of hydrogen-bond donors (Lipinski definition) is 1. The van der Waals surface area contributed by atoms with E-state index in [4.69, 9.17) is 24.4 Å². The van der Waals surface area contributed by atoms with Crippen LogP contribution in [-0.4, -0.2) is 19.9 Å². The van der Waals surface area contributed by atoms with Gasteiger partial charge in [0.15, 0.2) is 40.5 Å². The van der Waals surface area contributed by atoms with E-state index >= 15 is 0 Å². The number of ether oxygens (including phenoxy) is 2. The lowest BCUT2D eigenvalue weighted by atomic mass is 9.67. The van der Waals surface area contributed by atoms with E-state index in [2.05, 4.69) is 120 Å². The van der Waals surface area contributed by atoms with Crippen molar-refractivity contribution in [3.05, 3.63) is 210 Å². The fourth-order valence-electron chi connectivity index (χ4n) is 8.42. The van der Waals surface area contributed by atoms with Gasteiger partial charge in [0, 0.05) is 17.3 Å². The molecule has 0 spiro atoms. The Balaban J connectivity index is 1.02. The summed E-state index contributed by atoms with van der Waals surface area (Å²) in [6, 6.07) is 62.8. The van der Waals surface area contributed by atoms with Gasteiger partial charge < -0.3 is 14.5 Å². The Morgan fingerprint density at radius 3 is 1.70 bits per heavy atom. The minimum atomic E-state index is -0.531. The molecule has 2 aliphatic rings. The van der Waals surface area contributed by atoms with Crippen molar-refractivity contribution in [2.75, 3.05) is 0 Å². The second-order valence-electron chi connectivity index (χ2n) is 14.0. The van der Waals surface area contributed by atoms with Crippen LogP contribution in [0.5, 0.6) is 23.0 Å². The monoisotopic (exact) mass is 720 g/mol. The lowest BCUT2D eigenvalue weighted by Gasteiger charge is -2.34. The van der Waals surface area contributed by atoms with Crippen LogP contribution >= 0.6 is 0 Å². The van der Waals surface area contributed by atoms with Crippen molar-refractivity contribution < 1.29 is 9.47 Å². The summed E-state index contributed by atoms with van der Waals surface area (Å²) >= 11 is 0. The van der Waals surface area contributed by atoms with E-state index in [0.29, 0.717) is 40.5 Å². The van der Waals surface area contributed by atoms with E-state index in [1.165, 1.54) is 27.8 Å². The third-order valence-electron chi connectivity index (χ3n) is 10.9. The first-order valence-electron chi connectivity index (χ1n) is 18.7. The minimum absolute atomic E-state index is 0.531. The molecule has 1 aliphatic heterocycles. The predicted molar refractivity (Wildman–Crippen MR) is 220 cm³/mol. The molecule has 0 radical (unpaired) electrons. The van der Waals surface area contributed by atoms with Crippen LogP contribution < -0.4 is 9.47 Å². The van der Waals surface area contributed by atoms with Gasteiger partial charge in [0.2, 0.25) is 0 Å². The number of aromatic nitrogens is 4. The topological polar surface area (TPSA) is 72.9 Å². The molecule has 56 heavy (non-hydrogen) atoms. The highest BCUT2D eigenvalue weighted by atomic mass is 16.6. The van der Waals surface area contributed by atoms with E-state index in [1.54, 1.807) is 0 Å². The standard InChI is InChI=1S/C50H32N4O2/c1-4-15-32(16-5-1)47-52-48(54-49(53-47)42-25-14-28-51-42)38-23-11-10-21-36(38)33-26-27-43-44(29-33)56-45-30-39-37-22-12-13-24-40(37)50(34-17-6-2-7-18-34,35-19-8-3-9-20-35)41(39)31-46(45)55-43/h1-31,51H. The second kappa shape index (κ2) is 12.8. The maximum atomic E-state index is 6.78. The lowest BCUT2D eigenvalue weighted by Crippen LogP contribution is -2.28. The summed E-state index contributed by atoms with van der Waals surface area (Å²) in [6.07, 6.45) is 1.87. The molecule has 0 saturated carbocycles. The molecule has 2 aromatic heterocycles. The van der Waals surface area contributed by atoms with Gasteiger partial charge in [-0.1, -0.05) is 146 Å². The number of aromatic amines is 1. The SMILES string of the molecule is c1ccc(-c2nc(-c3ccc[nH]3)nc(-c3ccccc3-c3ccc4c(c3)Oc3cc5c(cc3O4)C(c3ccccc3)(c3ccccc3)c3ccccc3-5)n2)cc1. The highest BCUT2D eigenvalue weighted by Gasteiger charge is 2.47. The van der Waals surface area contributed by atoms with Gasteiger partial charge in [-0.25, -0.2) is 15.0 Å². The fraction of sp³-hybridized carbons (Fsp3) is 0.0200. The molecule has 6 heteroatoms. The molecule has 1 N–H and O–H groups in total. The first kappa shape index (κ1) is 31.9. The first-order valence-corrected chi connectivity index (χ1v) is 18.7. The van der Waals surface area contributed by atoms with Crippen LogP contribution in [0, 0.1) is 0 Å². The molecule has 0 atom stereocenters. The van der Waals surface area contributed by atoms with Crippen molar-refractivity contribution in [2.24, 2.45) is 0 Å². The summed E-state index contributed by atoms with van der Waals surface area (Å²) in [7, 11) is 0. The quantitative estimate of drug-likeness (QED) is 0.185. The van der Waals surface area contributed by atoms with Crippen molar-refractivity contribution in [1.82, 2.24) is 19.9 Å². The largest absolute Gasteiger partial charge is 0.450 e. The van der Waals surface area contributed by atoms with Crippen LogP contribution in [0.2, 0.25) is 0 Å². The van der Waals surface area contributed by atoms with E-state index < -0.39 is 5.41 Å². The summed E-state index contributed by atoms with van der Waals surface area (Å²) in [4.78, 5) is 18.1. The van der Waals surface area contributed by atoms with Crippen LogP contribution in [-0.2, 0) is 5.41 Å². The molecule has 264 valence electrons. The van der Waals surface area contributed by atoms with Crippen LogP contribution in [0.1, 0.15) is 22.3 Å². The Morgan fingerprint density at radius 1 is 0.375 bits per heavy atom. The Morgan fingerprint density at radius 2 is 0.964 bits per heavy atom. The molecular weight excluding hydrogens is 689 g/mol. The molecule has 0 amide bonds. The molecule has 7 aromatic carbocycles. The average molecular weight is 721 g/mol. The van der Waals surface area contributed by atoms with E-state index in [0.717, 1.165) is 33.5 Å². The molecule has 6 nitrogen and oxygen atoms in total. The minimum Gasteiger partial charge on any atom is -0.450 e. The summed E-state index contributed by atoms with van der Waals surface area (Å²) in [5.41, 5.74) is 11.1. The Labute approximate surface area is 323 Å². The Bertz CT molecular complexity index is 2870. The van der Waals surface area contributed by atoms with E-state index in [9.17, 15) is 0 Å². The molecule has 0 saturated heterocycles. The number of fused-ring (bicyclic) bond motifs is 5. The number of benzene rings is 7. The molecule has 0 fully saturated rings. The van der Waals surface area contributed by atoms with Gasteiger partial charge in [-0.05, 0) is 80.9 Å². The maximum Gasteiger partial charge on any atom is 0.180 e. The molecule has 3 heterocycles. The van der Waals surface area contributed by atoms with Crippen molar-refractivity contribution in [1.29, 1.82) is 0 Å². The second-order valence-corrected chi connectivity index (χ2v) is 14.0. The number of H-pyrrole nitrogens is 1. The van der Waals surface area contributed by atoms with Gasteiger partial charge in [0.1, 0.15) is 0 Å². The zero-order chi connectivity index (χ0) is 37.1. The third kappa shape index (κ3) is 5.00. The van der Waals surface area contributed by atoms with Gasteiger partial charge >= 0.3 is 0 Å². The summed E-state index contributed by atoms with van der Waals surface area (Å²) < 4.78 is 13.5. The third-order valence-corrected chi connectivity index (χ3v) is 10.9. The van der Waals surface area contributed by atoms with Crippen molar-refractivity contribution in [3.8, 4) is 79.5 Å². The molecule has 1 aliphatic carbocycles. The summed E-state index contributed by atoms with van der Waals surface area (Å²) in [5.74, 6) is 4.41. The lowest BCUT2D eigenvalue weighted by molar-refractivity contribution is 0.359. The summed E-state index contributed by atoms with van der Waals surface area (Å²) in [6.45, 7) is 0. The highest BCUT2D eigenvalue weighted by Crippen LogP contribution is 2.59. The van der Waals surface area contributed by atoms with Crippen molar-refractivity contribution >= 4 is 0 Å². The van der Waals surface area contributed by atoms with Crippen molar-refractivity contribution in [3.63, 3.8) is 0 Å². The van der Waals surface area contributed by atoms with Crippen LogP contribution in [0.3, 0.4) is 0 Å². The van der Waals surface area contributed by atoms with Crippen LogP contribution in [0.25, 0.3) is 56.5 Å². The van der Waals surface area contributed by atoms with Gasteiger partial charge in [0.25, 0.3) is 0 Å². The van der Waals surface area contributed by atoms with Gasteiger partial charge in [-0.15, -0.1) is 0 Å². The van der Waals surface area contributed by atoms with E-state index in [1.807, 2.05) is 72.9 Å². The molecule has 0 bridgehead atoms. The molecular formula is C50H32N4O2. The normalized spacial score (nSPS) is 13.1. The Hall–Kier alpha value is -7.57. The smallest absolute Gasteiger partial charge is 0.180 e. The maximum absolute atomic E-state index is 6.78. The number of hydrogen-bond acceptors (Lipinski definition) is 5. The van der Waals surface area contributed by atoms with Gasteiger partial charge in [0.05, 0.1) is 11.1 Å². The van der Waals surface area contributed by atoms with Gasteiger partial charge in [-0.2, -0.15) is 0 Å². The predicted octanol–water partition coefficient (Wildman–Crippen LogP) is 12.1. The van der Waals surface area contributed by atoms with E-state index in [-0.39, 0.29) is 0 Å².